The number of carbonyl (C=O) groups is 1. The van der Waals surface area contributed by atoms with Crippen LogP contribution in [0.1, 0.15) is 74.0 Å². The highest BCUT2D eigenvalue weighted by molar-refractivity contribution is 8.02. The second-order valence-corrected chi connectivity index (χ2v) is 11.9. The van der Waals surface area contributed by atoms with Crippen LogP contribution < -0.4 is 9.64 Å². The molecule has 0 unspecified atom stereocenters. The number of rotatable bonds is 9. The second kappa shape index (κ2) is 13.5. The highest BCUT2D eigenvalue weighted by atomic mass is 32.2. The average molecular weight is 534 g/mol. The average Bonchev–Trinajstić information content (AvgIpc) is 2.95. The minimum absolute atomic E-state index is 0.00696. The van der Waals surface area contributed by atoms with Crippen molar-refractivity contribution in [3.63, 3.8) is 0 Å². The van der Waals surface area contributed by atoms with Crippen molar-refractivity contribution in [1.29, 1.82) is 0 Å². The second-order valence-electron chi connectivity index (χ2n) is 11.0. The molecule has 204 valence electrons. The molecule has 0 atom stereocenters. The molecule has 0 saturated heterocycles. The van der Waals surface area contributed by atoms with Crippen molar-refractivity contribution in [2.24, 2.45) is 11.8 Å². The van der Waals surface area contributed by atoms with Gasteiger partial charge in [0.05, 0.1) is 13.2 Å². The molecule has 2 aromatic carbocycles. The molecule has 2 aliphatic carbocycles. The van der Waals surface area contributed by atoms with E-state index >= 15 is 0 Å². The SMILES string of the molecule is C=C(/C=C/c1cccc(N(CC2CCC(c3ccc(OC)c(C)c3)CC2)C(=O)C2CCC(O)CC2)c1)SC. The maximum atomic E-state index is 13.9. The zero-order valence-electron chi connectivity index (χ0n) is 23.2. The molecule has 0 heterocycles. The summed E-state index contributed by atoms with van der Waals surface area (Å²) in [4.78, 5) is 17.0. The van der Waals surface area contributed by atoms with E-state index in [1.807, 2.05) is 18.4 Å². The van der Waals surface area contributed by atoms with Gasteiger partial charge in [0.2, 0.25) is 5.91 Å². The maximum absolute atomic E-state index is 13.9. The first-order chi connectivity index (χ1) is 18.4. The summed E-state index contributed by atoms with van der Waals surface area (Å²) in [6, 6.07) is 14.9. The Kier molecular flexibility index (Phi) is 10.1. The minimum atomic E-state index is -0.262. The highest BCUT2D eigenvalue weighted by Gasteiger charge is 2.32. The van der Waals surface area contributed by atoms with Crippen LogP contribution in [0.5, 0.6) is 5.75 Å². The van der Waals surface area contributed by atoms with E-state index in [4.69, 9.17) is 4.74 Å². The van der Waals surface area contributed by atoms with Gasteiger partial charge in [-0.1, -0.05) is 36.9 Å². The molecular weight excluding hydrogens is 490 g/mol. The van der Waals surface area contributed by atoms with E-state index in [0.717, 1.165) is 79.8 Å². The summed E-state index contributed by atoms with van der Waals surface area (Å²) in [6.07, 6.45) is 13.4. The fraction of sp³-hybridized carbons (Fsp3) is 0.485. The first-order valence-corrected chi connectivity index (χ1v) is 15.3. The van der Waals surface area contributed by atoms with Gasteiger partial charge in [0.15, 0.2) is 0 Å². The van der Waals surface area contributed by atoms with Gasteiger partial charge in [-0.3, -0.25) is 4.79 Å². The first kappa shape index (κ1) is 28.5. The first-order valence-electron chi connectivity index (χ1n) is 14.0. The van der Waals surface area contributed by atoms with Gasteiger partial charge in [-0.25, -0.2) is 0 Å². The Labute approximate surface area is 233 Å². The maximum Gasteiger partial charge on any atom is 0.230 e. The predicted octanol–water partition coefficient (Wildman–Crippen LogP) is 7.75. The lowest BCUT2D eigenvalue weighted by molar-refractivity contribution is -0.124. The molecule has 4 nitrogen and oxygen atoms in total. The highest BCUT2D eigenvalue weighted by Crippen LogP contribution is 2.38. The number of thioether (sulfide) groups is 1. The summed E-state index contributed by atoms with van der Waals surface area (Å²) in [6.45, 7) is 6.92. The molecule has 2 aliphatic rings. The number of aryl methyl sites for hydroxylation is 1. The number of hydrogen-bond donors (Lipinski definition) is 1. The quantitative estimate of drug-likeness (QED) is 0.335. The van der Waals surface area contributed by atoms with Crippen LogP contribution in [0.25, 0.3) is 6.08 Å². The van der Waals surface area contributed by atoms with Crippen LogP contribution in [0.2, 0.25) is 0 Å². The third kappa shape index (κ3) is 7.33. The zero-order chi connectivity index (χ0) is 27.1. The summed E-state index contributed by atoms with van der Waals surface area (Å²) in [5.41, 5.74) is 4.65. The Morgan fingerprint density at radius 1 is 1.08 bits per heavy atom. The van der Waals surface area contributed by atoms with E-state index in [-0.39, 0.29) is 17.9 Å². The van der Waals surface area contributed by atoms with Gasteiger partial charge in [-0.15, -0.1) is 11.8 Å². The molecular formula is C33H43NO3S. The number of allylic oxidation sites excluding steroid dienone is 1. The molecule has 4 rings (SSSR count). The third-order valence-corrected chi connectivity index (χ3v) is 9.06. The van der Waals surface area contributed by atoms with Crippen LogP contribution in [0, 0.1) is 18.8 Å². The van der Waals surface area contributed by atoms with E-state index in [9.17, 15) is 9.90 Å². The molecule has 0 radical (unpaired) electrons. The number of aliphatic hydroxyl groups excluding tert-OH is 1. The van der Waals surface area contributed by atoms with Crippen molar-refractivity contribution in [3.8, 4) is 5.75 Å². The summed E-state index contributed by atoms with van der Waals surface area (Å²) in [5, 5.41) is 10.0. The molecule has 2 fully saturated rings. The molecule has 38 heavy (non-hydrogen) atoms. The van der Waals surface area contributed by atoms with Gasteiger partial charge in [0.25, 0.3) is 0 Å². The number of hydrogen-bond acceptors (Lipinski definition) is 4. The summed E-state index contributed by atoms with van der Waals surface area (Å²) < 4.78 is 5.45. The van der Waals surface area contributed by atoms with Crippen LogP contribution in [0.4, 0.5) is 5.69 Å². The zero-order valence-corrected chi connectivity index (χ0v) is 24.0. The van der Waals surface area contributed by atoms with Crippen molar-refractivity contribution in [1.82, 2.24) is 0 Å². The van der Waals surface area contributed by atoms with Gasteiger partial charge in [-0.05, 0) is 122 Å². The molecule has 0 aromatic heterocycles. The number of anilines is 1. The normalized spacial score (nSPS) is 23.8. The van der Waals surface area contributed by atoms with Gasteiger partial charge in [0, 0.05) is 18.2 Å². The molecule has 0 aliphatic heterocycles. The van der Waals surface area contributed by atoms with Gasteiger partial charge >= 0.3 is 0 Å². The van der Waals surface area contributed by atoms with E-state index in [2.05, 4.69) is 60.9 Å². The van der Waals surface area contributed by atoms with Gasteiger partial charge < -0.3 is 14.7 Å². The van der Waals surface area contributed by atoms with E-state index in [0.29, 0.717) is 11.8 Å². The van der Waals surface area contributed by atoms with Crippen LogP contribution >= 0.6 is 11.8 Å². The number of aliphatic hydroxyl groups is 1. The largest absolute Gasteiger partial charge is 0.496 e. The Bertz CT molecular complexity index is 1130. The lowest BCUT2D eigenvalue weighted by Crippen LogP contribution is -2.41. The summed E-state index contributed by atoms with van der Waals surface area (Å²) in [7, 11) is 1.72. The number of nitrogens with zero attached hydrogens (tertiary/aromatic N) is 1. The summed E-state index contributed by atoms with van der Waals surface area (Å²) >= 11 is 1.63. The van der Waals surface area contributed by atoms with E-state index in [1.165, 1.54) is 11.1 Å². The summed E-state index contributed by atoms with van der Waals surface area (Å²) in [5.74, 6) is 2.21. The van der Waals surface area contributed by atoms with Crippen molar-refractivity contribution in [2.75, 3.05) is 24.8 Å². The Morgan fingerprint density at radius 2 is 1.82 bits per heavy atom. The van der Waals surface area contributed by atoms with Crippen LogP contribution in [-0.4, -0.2) is 37.0 Å². The van der Waals surface area contributed by atoms with Crippen molar-refractivity contribution < 1.29 is 14.6 Å². The van der Waals surface area contributed by atoms with E-state index < -0.39 is 0 Å². The number of ether oxygens (including phenoxy) is 1. The fourth-order valence-electron chi connectivity index (χ4n) is 6.01. The van der Waals surface area contributed by atoms with Gasteiger partial charge in [-0.2, -0.15) is 0 Å². The smallest absolute Gasteiger partial charge is 0.230 e. The number of amides is 1. The molecule has 1 amide bonds. The predicted molar refractivity (Wildman–Crippen MR) is 161 cm³/mol. The molecule has 5 heteroatoms. The molecule has 2 aromatic rings. The van der Waals surface area contributed by atoms with Crippen LogP contribution in [-0.2, 0) is 4.79 Å². The number of carbonyl (C=O) groups excluding carboxylic acids is 1. The standard InChI is InChI=1S/C33H43NO3S/c1-23-20-29(16-19-32(23)37-3)27-12-10-26(11-13-27)22-34(33(36)28-14-17-31(35)18-15-28)30-7-5-6-25(21-30)9-8-24(2)38-4/h5-9,16,19-21,26-28,31,35H,2,10-15,17-18,22H2,1,3-4H3/b9-8+. The Balaban J connectivity index is 1.48. The van der Waals surface area contributed by atoms with Crippen molar-refractivity contribution in [3.05, 3.63) is 76.7 Å². The minimum Gasteiger partial charge on any atom is -0.496 e. The lowest BCUT2D eigenvalue weighted by atomic mass is 9.78. The number of benzene rings is 2. The van der Waals surface area contributed by atoms with Crippen molar-refractivity contribution in [2.45, 2.75) is 70.3 Å². The molecule has 0 bridgehead atoms. The van der Waals surface area contributed by atoms with Crippen LogP contribution in [0.15, 0.2) is 60.0 Å². The monoisotopic (exact) mass is 533 g/mol. The van der Waals surface area contributed by atoms with E-state index in [1.54, 1.807) is 18.9 Å². The third-order valence-electron chi connectivity index (χ3n) is 8.40. The topological polar surface area (TPSA) is 49.8 Å². The molecule has 1 N–H and O–H groups in total. The Hall–Kier alpha value is -2.50. The van der Waals surface area contributed by atoms with Crippen LogP contribution in [0.3, 0.4) is 0 Å². The fourth-order valence-corrected chi connectivity index (χ4v) is 6.22. The van der Waals surface area contributed by atoms with Crippen molar-refractivity contribution >= 4 is 29.4 Å². The molecule has 0 spiro atoms. The lowest BCUT2D eigenvalue weighted by Gasteiger charge is -2.36. The number of methoxy groups -OCH3 is 1. The van der Waals surface area contributed by atoms with Gasteiger partial charge in [0.1, 0.15) is 5.75 Å². The molecule has 2 saturated carbocycles. The Morgan fingerprint density at radius 3 is 2.47 bits per heavy atom.